The number of hydrogen-bond acceptors (Lipinski definition) is 2. The Balaban J connectivity index is 2.59. The quantitative estimate of drug-likeness (QED) is 0.900. The van der Waals surface area contributed by atoms with E-state index >= 15 is 0 Å². The third kappa shape index (κ3) is 2.26. The van der Waals surface area contributed by atoms with Crippen molar-refractivity contribution in [2.75, 3.05) is 0 Å². The second kappa shape index (κ2) is 4.62. The number of halogens is 2. The summed E-state index contributed by atoms with van der Waals surface area (Å²) in [5, 5.41) is 0.342. The zero-order valence-corrected chi connectivity index (χ0v) is 9.82. The summed E-state index contributed by atoms with van der Waals surface area (Å²) in [7, 11) is 0. The van der Waals surface area contributed by atoms with Gasteiger partial charge in [0.15, 0.2) is 0 Å². The number of amides is 1. The monoisotopic (exact) mass is 266 g/mol. The molecule has 4 nitrogen and oxygen atoms in total. The molecule has 2 aromatic rings. The van der Waals surface area contributed by atoms with Gasteiger partial charge in [0.25, 0.3) is 11.5 Å². The van der Waals surface area contributed by atoms with Gasteiger partial charge in [0.2, 0.25) is 0 Å². The van der Waals surface area contributed by atoms with Gasteiger partial charge in [-0.05, 0) is 24.3 Å². The van der Waals surface area contributed by atoms with Crippen molar-refractivity contribution in [3.63, 3.8) is 0 Å². The Bertz CT molecular complexity index is 682. The Hall–Kier alpha value is -2.14. The van der Waals surface area contributed by atoms with Crippen molar-refractivity contribution in [1.29, 1.82) is 0 Å². The zero-order chi connectivity index (χ0) is 13.3. The van der Waals surface area contributed by atoms with Crippen LogP contribution in [0.3, 0.4) is 0 Å². The molecule has 1 aromatic carbocycles. The van der Waals surface area contributed by atoms with Crippen molar-refractivity contribution in [2.24, 2.45) is 5.73 Å². The van der Waals surface area contributed by atoms with Gasteiger partial charge in [-0.25, -0.2) is 4.39 Å². The lowest BCUT2D eigenvalue weighted by Crippen LogP contribution is -2.17. The van der Waals surface area contributed by atoms with Crippen LogP contribution in [0.1, 0.15) is 10.4 Å². The fourth-order valence-corrected chi connectivity index (χ4v) is 1.68. The lowest BCUT2D eigenvalue weighted by Gasteiger charge is -2.07. The number of nitrogens with zero attached hydrogens (tertiary/aromatic N) is 1. The molecule has 18 heavy (non-hydrogen) atoms. The lowest BCUT2D eigenvalue weighted by molar-refractivity contribution is 0.0996. The van der Waals surface area contributed by atoms with E-state index in [4.69, 9.17) is 17.3 Å². The van der Waals surface area contributed by atoms with Gasteiger partial charge in [-0.2, -0.15) is 0 Å². The fourth-order valence-electron chi connectivity index (χ4n) is 1.52. The van der Waals surface area contributed by atoms with E-state index in [1.54, 1.807) is 0 Å². The number of benzene rings is 1. The third-order valence-corrected chi connectivity index (χ3v) is 2.59. The van der Waals surface area contributed by atoms with E-state index in [1.165, 1.54) is 35.0 Å². The lowest BCUT2D eigenvalue weighted by atomic mass is 10.2. The SMILES string of the molecule is NC(=O)c1ccc(-n2cc(Cl)ccc2=O)cc1F. The van der Waals surface area contributed by atoms with Gasteiger partial charge in [0.1, 0.15) is 5.82 Å². The molecule has 0 saturated heterocycles. The molecular weight excluding hydrogens is 259 g/mol. The van der Waals surface area contributed by atoms with Crippen molar-refractivity contribution in [3.8, 4) is 5.69 Å². The van der Waals surface area contributed by atoms with Crippen LogP contribution < -0.4 is 11.3 Å². The van der Waals surface area contributed by atoms with Crippen molar-refractivity contribution in [3.05, 3.63) is 63.3 Å². The molecule has 0 atom stereocenters. The zero-order valence-electron chi connectivity index (χ0n) is 9.06. The number of hydrogen-bond donors (Lipinski definition) is 1. The van der Waals surface area contributed by atoms with Crippen molar-refractivity contribution in [1.82, 2.24) is 4.57 Å². The topological polar surface area (TPSA) is 65.1 Å². The van der Waals surface area contributed by atoms with Gasteiger partial charge >= 0.3 is 0 Å². The summed E-state index contributed by atoms with van der Waals surface area (Å²) >= 11 is 5.76. The molecule has 2 rings (SSSR count). The first-order chi connectivity index (χ1) is 8.49. The van der Waals surface area contributed by atoms with Crippen LogP contribution in [0.5, 0.6) is 0 Å². The van der Waals surface area contributed by atoms with Crippen LogP contribution in [0.25, 0.3) is 5.69 Å². The van der Waals surface area contributed by atoms with E-state index in [0.29, 0.717) is 5.02 Å². The van der Waals surface area contributed by atoms with Gasteiger partial charge in [-0.15, -0.1) is 0 Å². The molecule has 0 aliphatic carbocycles. The summed E-state index contributed by atoms with van der Waals surface area (Å²) in [5.41, 5.74) is 4.67. The first-order valence-electron chi connectivity index (χ1n) is 4.97. The summed E-state index contributed by atoms with van der Waals surface area (Å²) in [6, 6.07) is 6.40. The third-order valence-electron chi connectivity index (χ3n) is 2.37. The molecule has 1 heterocycles. The highest BCUT2D eigenvalue weighted by Gasteiger charge is 2.10. The number of nitrogens with two attached hydrogens (primary N) is 1. The Morgan fingerprint density at radius 3 is 2.61 bits per heavy atom. The van der Waals surface area contributed by atoms with Crippen LogP contribution in [0, 0.1) is 5.82 Å². The molecular formula is C12H8ClFN2O2. The summed E-state index contributed by atoms with van der Waals surface area (Å²) in [4.78, 5) is 22.5. The molecule has 0 bridgehead atoms. The van der Waals surface area contributed by atoms with Gasteiger partial charge in [0.05, 0.1) is 16.3 Å². The standard InChI is InChI=1S/C12H8ClFN2O2/c13-7-1-4-11(17)16(6-7)8-2-3-9(12(15)18)10(14)5-8/h1-6H,(H2,15,18). The highest BCUT2D eigenvalue weighted by atomic mass is 35.5. The maximum absolute atomic E-state index is 13.6. The van der Waals surface area contributed by atoms with Gasteiger partial charge < -0.3 is 5.73 Å². The fraction of sp³-hybridized carbons (Fsp3) is 0. The van der Waals surface area contributed by atoms with Gasteiger partial charge in [0, 0.05) is 12.3 Å². The van der Waals surface area contributed by atoms with E-state index in [2.05, 4.69) is 0 Å². The average molecular weight is 267 g/mol. The van der Waals surface area contributed by atoms with Crippen molar-refractivity contribution < 1.29 is 9.18 Å². The first-order valence-corrected chi connectivity index (χ1v) is 5.35. The molecule has 0 fully saturated rings. The second-order valence-electron chi connectivity index (χ2n) is 3.58. The molecule has 2 N–H and O–H groups in total. The normalized spacial score (nSPS) is 10.3. The predicted octanol–water partition coefficient (Wildman–Crippen LogP) is 1.73. The summed E-state index contributed by atoms with van der Waals surface area (Å²) in [6.45, 7) is 0. The largest absolute Gasteiger partial charge is 0.366 e. The van der Waals surface area contributed by atoms with E-state index in [-0.39, 0.29) is 16.8 Å². The van der Waals surface area contributed by atoms with E-state index in [0.717, 1.165) is 6.07 Å². The number of aromatic nitrogens is 1. The maximum atomic E-state index is 13.6. The molecule has 0 aliphatic rings. The maximum Gasteiger partial charge on any atom is 0.255 e. The molecule has 1 amide bonds. The molecule has 92 valence electrons. The average Bonchev–Trinajstić information content (AvgIpc) is 2.31. The molecule has 0 aliphatic heterocycles. The predicted molar refractivity (Wildman–Crippen MR) is 65.5 cm³/mol. The van der Waals surface area contributed by atoms with Crippen LogP contribution in [0.4, 0.5) is 4.39 Å². The van der Waals surface area contributed by atoms with Gasteiger partial charge in [-0.3, -0.25) is 14.2 Å². The van der Waals surface area contributed by atoms with Crippen LogP contribution in [-0.2, 0) is 0 Å². The smallest absolute Gasteiger partial charge is 0.255 e. The molecule has 0 radical (unpaired) electrons. The van der Waals surface area contributed by atoms with E-state index in [9.17, 15) is 14.0 Å². The van der Waals surface area contributed by atoms with E-state index < -0.39 is 11.7 Å². The number of primary amides is 1. The molecule has 0 spiro atoms. The summed E-state index contributed by atoms with van der Waals surface area (Å²) in [6.07, 6.45) is 1.36. The van der Waals surface area contributed by atoms with Crippen LogP contribution in [-0.4, -0.2) is 10.5 Å². The number of pyridine rings is 1. The number of rotatable bonds is 2. The minimum Gasteiger partial charge on any atom is -0.366 e. The molecule has 6 heteroatoms. The Morgan fingerprint density at radius 1 is 1.28 bits per heavy atom. The minimum absolute atomic E-state index is 0.228. The first kappa shape index (κ1) is 12.3. The minimum atomic E-state index is -0.863. The van der Waals surface area contributed by atoms with Crippen LogP contribution >= 0.6 is 11.6 Å². The summed E-state index contributed by atoms with van der Waals surface area (Å²) < 4.78 is 14.7. The molecule has 0 unspecified atom stereocenters. The Morgan fingerprint density at radius 2 is 2.00 bits per heavy atom. The molecule has 0 saturated carbocycles. The second-order valence-corrected chi connectivity index (χ2v) is 4.02. The highest BCUT2D eigenvalue weighted by molar-refractivity contribution is 6.30. The number of carbonyl (C=O) groups excluding carboxylic acids is 1. The van der Waals surface area contributed by atoms with E-state index in [1.807, 2.05) is 0 Å². The van der Waals surface area contributed by atoms with Crippen molar-refractivity contribution >= 4 is 17.5 Å². The molecule has 1 aromatic heterocycles. The summed E-state index contributed by atoms with van der Waals surface area (Å²) in [5.74, 6) is -1.65. The van der Waals surface area contributed by atoms with Crippen LogP contribution in [0.2, 0.25) is 5.02 Å². The Labute approximate surface area is 106 Å². The Kier molecular flexibility index (Phi) is 3.16. The number of carbonyl (C=O) groups is 1. The van der Waals surface area contributed by atoms with Crippen molar-refractivity contribution in [2.45, 2.75) is 0 Å². The van der Waals surface area contributed by atoms with Crippen LogP contribution in [0.15, 0.2) is 41.3 Å². The highest BCUT2D eigenvalue weighted by Crippen LogP contribution is 2.14. The van der Waals surface area contributed by atoms with Gasteiger partial charge in [-0.1, -0.05) is 11.6 Å².